The first kappa shape index (κ1) is 24.2. The normalized spacial score (nSPS) is 18.2. The van der Waals surface area contributed by atoms with Crippen molar-refractivity contribution in [2.24, 2.45) is 0 Å². The van der Waals surface area contributed by atoms with Crippen LogP contribution < -0.4 is 25.6 Å². The molecular weight excluding hydrogens is 479 g/mol. The molecule has 0 aromatic heterocycles. The van der Waals surface area contributed by atoms with E-state index in [4.69, 9.17) is 0 Å². The van der Waals surface area contributed by atoms with Crippen molar-refractivity contribution in [3.63, 3.8) is 0 Å². The van der Waals surface area contributed by atoms with Gasteiger partial charge in [0.05, 0.1) is 12.0 Å². The highest BCUT2D eigenvalue weighted by molar-refractivity contribution is 6.01. The molecule has 2 saturated heterocycles. The first-order valence-electron chi connectivity index (χ1n) is 10.5. The maximum Gasteiger partial charge on any atom is 0.387 e. The highest BCUT2D eigenvalue weighted by Gasteiger charge is 2.34. The quantitative estimate of drug-likeness (QED) is 0.420. The number of rotatable bonds is 6. The predicted octanol–water partition coefficient (Wildman–Crippen LogP) is 3.24. The van der Waals surface area contributed by atoms with Crippen LogP contribution in [0.4, 0.5) is 38.1 Å². The minimum Gasteiger partial charge on any atom is -0.432 e. The lowest BCUT2D eigenvalue weighted by Crippen LogP contribution is -2.60. The Kier molecular flexibility index (Phi) is 6.76. The Morgan fingerprint density at radius 2 is 1.74 bits per heavy atom. The van der Waals surface area contributed by atoms with Gasteiger partial charge in [-0.25, -0.2) is 18.0 Å². The van der Waals surface area contributed by atoms with Crippen molar-refractivity contribution in [1.29, 1.82) is 0 Å². The van der Waals surface area contributed by atoms with E-state index in [0.29, 0.717) is 0 Å². The summed E-state index contributed by atoms with van der Waals surface area (Å²) < 4.78 is 71.5. The minimum atomic E-state index is -3.23. The maximum atomic E-state index is 14.7. The summed E-state index contributed by atoms with van der Waals surface area (Å²) in [7, 11) is 0. The molecule has 2 aliphatic heterocycles. The van der Waals surface area contributed by atoms with E-state index in [1.807, 2.05) is 0 Å². The van der Waals surface area contributed by atoms with Gasteiger partial charge >= 0.3 is 12.6 Å². The van der Waals surface area contributed by atoms with E-state index in [-0.39, 0.29) is 37.3 Å². The summed E-state index contributed by atoms with van der Waals surface area (Å²) in [6, 6.07) is 4.01. The Balaban J connectivity index is 1.33. The van der Waals surface area contributed by atoms with Crippen LogP contribution in [0.15, 0.2) is 30.3 Å². The zero-order valence-corrected chi connectivity index (χ0v) is 17.9. The summed E-state index contributed by atoms with van der Waals surface area (Å²) in [6.45, 7) is -2.80. The smallest absolute Gasteiger partial charge is 0.387 e. The topological polar surface area (TPSA) is 99.8 Å². The summed E-state index contributed by atoms with van der Waals surface area (Å²) in [5.74, 6) is -5.92. The lowest BCUT2D eigenvalue weighted by molar-refractivity contribution is -0.134. The van der Waals surface area contributed by atoms with Crippen LogP contribution in [0.3, 0.4) is 0 Å². The van der Waals surface area contributed by atoms with Gasteiger partial charge in [-0.1, -0.05) is 0 Å². The summed E-state index contributed by atoms with van der Waals surface area (Å²) in [6.07, 6.45) is -0.0104. The van der Waals surface area contributed by atoms with E-state index < -0.39 is 65.2 Å². The third-order valence-corrected chi connectivity index (χ3v) is 5.64. The number of piperidine rings is 1. The second-order valence-corrected chi connectivity index (χ2v) is 8.05. The molecule has 0 bridgehead atoms. The fraction of sp³-hybridized carbons (Fsp3) is 0.318. The molecule has 1 atom stereocenters. The van der Waals surface area contributed by atoms with Crippen LogP contribution in [0, 0.1) is 17.5 Å². The number of amides is 4. The fourth-order valence-electron chi connectivity index (χ4n) is 3.96. The van der Waals surface area contributed by atoms with Gasteiger partial charge in [0.15, 0.2) is 11.6 Å². The van der Waals surface area contributed by atoms with E-state index in [0.717, 1.165) is 30.3 Å². The number of nitrogens with one attached hydrogen (secondary N) is 3. The summed E-state index contributed by atoms with van der Waals surface area (Å²) in [5.41, 5.74) is -0.173. The minimum absolute atomic E-state index is 0.00643. The van der Waals surface area contributed by atoms with Gasteiger partial charge in [-0.15, -0.1) is 0 Å². The Hall–Kier alpha value is -3.90. The van der Waals surface area contributed by atoms with Gasteiger partial charge in [-0.3, -0.25) is 14.9 Å². The average molecular weight is 498 g/mol. The molecule has 0 spiro atoms. The average Bonchev–Trinajstić information content (AvgIpc) is 2.73. The van der Waals surface area contributed by atoms with Gasteiger partial charge in [0, 0.05) is 42.5 Å². The van der Waals surface area contributed by atoms with Crippen molar-refractivity contribution in [3.05, 3.63) is 53.3 Å². The molecule has 2 fully saturated rings. The van der Waals surface area contributed by atoms with Crippen molar-refractivity contribution >= 4 is 29.2 Å². The highest BCUT2D eigenvalue weighted by atomic mass is 19.3. The zero-order chi connectivity index (χ0) is 25.3. The largest absolute Gasteiger partial charge is 0.432 e. The molecule has 1 unspecified atom stereocenters. The number of halogens is 5. The van der Waals surface area contributed by atoms with Gasteiger partial charge in [0.25, 0.3) is 0 Å². The second-order valence-electron chi connectivity index (χ2n) is 8.05. The number of benzene rings is 2. The van der Waals surface area contributed by atoms with Crippen LogP contribution in [-0.4, -0.2) is 43.6 Å². The summed E-state index contributed by atoms with van der Waals surface area (Å²) >= 11 is 0. The molecule has 0 saturated carbocycles. The molecule has 4 amide bonds. The zero-order valence-electron chi connectivity index (χ0n) is 17.9. The Morgan fingerprint density at radius 1 is 1.06 bits per heavy atom. The van der Waals surface area contributed by atoms with Gasteiger partial charge in [-0.2, -0.15) is 8.78 Å². The van der Waals surface area contributed by atoms with Gasteiger partial charge in [0.1, 0.15) is 11.6 Å². The Labute approximate surface area is 195 Å². The highest BCUT2D eigenvalue weighted by Crippen LogP contribution is 2.33. The lowest BCUT2D eigenvalue weighted by atomic mass is 9.89. The number of hydrogen-bond acceptors (Lipinski definition) is 5. The molecule has 4 rings (SSSR count). The first-order chi connectivity index (χ1) is 16.6. The number of hydrogen-bond donors (Lipinski definition) is 3. The number of alkyl halides is 2. The Morgan fingerprint density at radius 3 is 2.37 bits per heavy atom. The molecule has 2 aliphatic rings. The molecule has 0 radical (unpaired) electrons. The first-order valence-corrected chi connectivity index (χ1v) is 10.5. The van der Waals surface area contributed by atoms with Crippen LogP contribution in [0.2, 0.25) is 0 Å². The number of carbonyl (C=O) groups excluding carboxylic acids is 3. The summed E-state index contributed by atoms with van der Waals surface area (Å²) in [5, 5.41) is 7.03. The van der Waals surface area contributed by atoms with Crippen LogP contribution >= 0.6 is 0 Å². The molecular formula is C22H19F5N4O4. The molecule has 3 N–H and O–H groups in total. The number of urea groups is 1. The molecule has 186 valence electrons. The van der Waals surface area contributed by atoms with E-state index in [9.17, 15) is 36.3 Å². The molecule has 2 heterocycles. The molecule has 2 aromatic carbocycles. The van der Waals surface area contributed by atoms with E-state index in [1.165, 1.54) is 0 Å². The van der Waals surface area contributed by atoms with Crippen LogP contribution in [0.1, 0.15) is 24.3 Å². The van der Waals surface area contributed by atoms with Crippen LogP contribution in [-0.2, 0) is 9.59 Å². The van der Waals surface area contributed by atoms with Gasteiger partial charge in [-0.05, 0) is 30.7 Å². The van der Waals surface area contributed by atoms with E-state index in [2.05, 4.69) is 20.7 Å². The van der Waals surface area contributed by atoms with Crippen molar-refractivity contribution in [1.82, 2.24) is 10.6 Å². The monoisotopic (exact) mass is 498 g/mol. The number of nitrogens with zero attached hydrogens (tertiary/aromatic N) is 1. The third-order valence-electron chi connectivity index (χ3n) is 5.64. The van der Waals surface area contributed by atoms with Gasteiger partial charge < -0.3 is 20.3 Å². The van der Waals surface area contributed by atoms with E-state index >= 15 is 0 Å². The number of anilines is 2. The number of ether oxygens (including phenoxy) is 1. The van der Waals surface area contributed by atoms with Crippen molar-refractivity contribution < 1.29 is 41.1 Å². The molecule has 0 aliphatic carbocycles. The second kappa shape index (κ2) is 9.76. The van der Waals surface area contributed by atoms with E-state index in [1.54, 1.807) is 4.90 Å². The predicted molar refractivity (Wildman–Crippen MR) is 113 cm³/mol. The molecule has 35 heavy (non-hydrogen) atoms. The molecule has 2 aromatic rings. The maximum absolute atomic E-state index is 14.7. The van der Waals surface area contributed by atoms with Crippen molar-refractivity contribution in [2.75, 3.05) is 23.3 Å². The van der Waals surface area contributed by atoms with Crippen LogP contribution in [0.25, 0.3) is 0 Å². The van der Waals surface area contributed by atoms with Crippen LogP contribution in [0.5, 0.6) is 5.75 Å². The third kappa shape index (κ3) is 5.44. The Bertz CT molecular complexity index is 1150. The standard InChI is InChI=1S/C22H19F5N4O4/c23-14-3-1-10(5-17(14)35-21(26)27)28-22(34)29-11-8-31(9-11)12-6-15(24)19(16(25)7-12)13-2-4-18(32)30-20(13)33/h1,3,5-7,11,13,21H,2,4,8-9H2,(H2,28,29,34)(H,30,32,33). The van der Waals surface area contributed by atoms with Crippen molar-refractivity contribution in [3.8, 4) is 5.75 Å². The van der Waals surface area contributed by atoms with Crippen molar-refractivity contribution in [2.45, 2.75) is 31.4 Å². The number of imide groups is 1. The summed E-state index contributed by atoms with van der Waals surface area (Å²) in [4.78, 5) is 37.0. The number of carbonyl (C=O) groups is 3. The fourth-order valence-corrected chi connectivity index (χ4v) is 3.96. The molecule has 13 heteroatoms. The lowest BCUT2D eigenvalue weighted by Gasteiger charge is -2.41. The molecule has 8 nitrogen and oxygen atoms in total. The van der Waals surface area contributed by atoms with Gasteiger partial charge in [0.2, 0.25) is 11.8 Å². The SMILES string of the molecule is O=C1CCC(c2c(F)cc(N3CC(NC(=O)Nc4ccc(F)c(OC(F)F)c4)C3)cc2F)C(=O)N1.